The van der Waals surface area contributed by atoms with Crippen molar-refractivity contribution in [1.29, 1.82) is 0 Å². The lowest BCUT2D eigenvalue weighted by molar-refractivity contribution is 0.251. The summed E-state index contributed by atoms with van der Waals surface area (Å²) in [5.74, 6) is 0. The molecule has 1 atom stereocenters. The molecule has 0 amide bonds. The van der Waals surface area contributed by atoms with Crippen molar-refractivity contribution in [1.82, 2.24) is 5.32 Å². The van der Waals surface area contributed by atoms with Gasteiger partial charge in [-0.1, -0.05) is 12.1 Å². The first-order chi connectivity index (χ1) is 6.31. The molecular weight excluding hydrogens is 164 g/mol. The molecule has 0 heterocycles. The Morgan fingerprint density at radius 1 is 1.23 bits per heavy atom. The zero-order valence-electron chi connectivity index (χ0n) is 8.04. The number of benzene rings is 1. The molecule has 0 aliphatic carbocycles. The summed E-state index contributed by atoms with van der Waals surface area (Å²) in [4.78, 5) is 0. The Morgan fingerprint density at radius 3 is 2.23 bits per heavy atom. The second kappa shape index (κ2) is 4.84. The van der Waals surface area contributed by atoms with Crippen molar-refractivity contribution in [2.45, 2.75) is 6.04 Å². The summed E-state index contributed by atoms with van der Waals surface area (Å²) < 4.78 is 0. The highest BCUT2D eigenvalue weighted by atomic mass is 16.3. The molecule has 0 bridgehead atoms. The minimum atomic E-state index is 0.0332. The highest BCUT2D eigenvalue weighted by Crippen LogP contribution is 2.14. The summed E-state index contributed by atoms with van der Waals surface area (Å²) in [6.45, 7) is 0.120. The molecule has 72 valence electrons. The highest BCUT2D eigenvalue weighted by Gasteiger charge is 2.05. The largest absolute Gasteiger partial charge is 0.394 e. The number of likely N-dealkylation sites (N-methyl/N-ethyl adjacent to an activating group) is 1. The van der Waals surface area contributed by atoms with Crippen LogP contribution in [0.3, 0.4) is 0 Å². The van der Waals surface area contributed by atoms with Crippen LogP contribution < -0.4 is 10.6 Å². The molecule has 0 aromatic heterocycles. The summed E-state index contributed by atoms with van der Waals surface area (Å²) >= 11 is 0. The molecule has 0 aliphatic heterocycles. The second-order valence-electron chi connectivity index (χ2n) is 2.90. The fourth-order valence-corrected chi connectivity index (χ4v) is 1.25. The topological polar surface area (TPSA) is 44.3 Å². The zero-order valence-corrected chi connectivity index (χ0v) is 8.04. The van der Waals surface area contributed by atoms with Crippen LogP contribution in [0.1, 0.15) is 11.6 Å². The molecule has 0 saturated heterocycles. The van der Waals surface area contributed by atoms with Gasteiger partial charge < -0.3 is 15.7 Å². The summed E-state index contributed by atoms with van der Waals surface area (Å²) in [5.41, 5.74) is 2.18. The van der Waals surface area contributed by atoms with Crippen LogP contribution in [0.15, 0.2) is 24.3 Å². The molecular formula is C10H16N2O. The standard InChI is InChI=1S/C10H16N2O/c1-11-9-5-3-8(4-6-9)10(7-13)12-2/h3-6,10-13H,7H2,1-2H3/t10-/m1/s1. The van der Waals surface area contributed by atoms with Gasteiger partial charge in [0.25, 0.3) is 0 Å². The van der Waals surface area contributed by atoms with Crippen molar-refractivity contribution in [2.24, 2.45) is 0 Å². The van der Waals surface area contributed by atoms with E-state index in [2.05, 4.69) is 10.6 Å². The summed E-state index contributed by atoms with van der Waals surface area (Å²) in [6.07, 6.45) is 0. The number of hydrogen-bond acceptors (Lipinski definition) is 3. The molecule has 1 rings (SSSR count). The molecule has 1 aromatic rings. The zero-order chi connectivity index (χ0) is 9.68. The average molecular weight is 180 g/mol. The monoisotopic (exact) mass is 180 g/mol. The third kappa shape index (κ3) is 2.44. The number of rotatable bonds is 4. The Hall–Kier alpha value is -1.06. The van der Waals surface area contributed by atoms with Crippen molar-refractivity contribution in [3.8, 4) is 0 Å². The van der Waals surface area contributed by atoms with E-state index >= 15 is 0 Å². The van der Waals surface area contributed by atoms with Crippen molar-refractivity contribution in [2.75, 3.05) is 26.0 Å². The van der Waals surface area contributed by atoms with E-state index in [1.165, 1.54) is 0 Å². The summed E-state index contributed by atoms with van der Waals surface area (Å²) in [5, 5.41) is 15.1. The number of anilines is 1. The van der Waals surface area contributed by atoms with E-state index in [1.54, 1.807) is 0 Å². The van der Waals surface area contributed by atoms with Crippen LogP contribution in [0.5, 0.6) is 0 Å². The fourth-order valence-electron chi connectivity index (χ4n) is 1.25. The molecule has 3 nitrogen and oxygen atoms in total. The Morgan fingerprint density at radius 2 is 1.85 bits per heavy atom. The molecule has 0 aliphatic rings. The Labute approximate surface area is 78.8 Å². The summed E-state index contributed by atoms with van der Waals surface area (Å²) in [6, 6.07) is 8.03. The maximum Gasteiger partial charge on any atom is 0.0626 e. The Bertz CT molecular complexity index is 242. The van der Waals surface area contributed by atoms with Gasteiger partial charge >= 0.3 is 0 Å². The second-order valence-corrected chi connectivity index (χ2v) is 2.90. The lowest BCUT2D eigenvalue weighted by atomic mass is 10.1. The number of aliphatic hydroxyl groups excluding tert-OH is 1. The van der Waals surface area contributed by atoms with Gasteiger partial charge in [-0.2, -0.15) is 0 Å². The molecule has 0 spiro atoms. The lowest BCUT2D eigenvalue weighted by Gasteiger charge is -2.13. The third-order valence-corrected chi connectivity index (χ3v) is 2.13. The molecule has 0 radical (unpaired) electrons. The van der Waals surface area contributed by atoms with E-state index in [0.717, 1.165) is 11.3 Å². The molecule has 0 saturated carbocycles. The predicted molar refractivity (Wildman–Crippen MR) is 54.9 cm³/mol. The van der Waals surface area contributed by atoms with Gasteiger partial charge in [-0.05, 0) is 24.7 Å². The van der Waals surface area contributed by atoms with Crippen LogP contribution in [0.2, 0.25) is 0 Å². The average Bonchev–Trinajstić information content (AvgIpc) is 2.21. The van der Waals surface area contributed by atoms with Gasteiger partial charge in [-0.15, -0.1) is 0 Å². The quantitative estimate of drug-likeness (QED) is 0.647. The van der Waals surface area contributed by atoms with Crippen molar-refractivity contribution >= 4 is 5.69 Å². The van der Waals surface area contributed by atoms with Gasteiger partial charge in [0.1, 0.15) is 0 Å². The van der Waals surface area contributed by atoms with Crippen LogP contribution in [0, 0.1) is 0 Å². The predicted octanol–water partition coefficient (Wildman–Crippen LogP) is 0.981. The van der Waals surface area contributed by atoms with E-state index in [9.17, 15) is 0 Å². The van der Waals surface area contributed by atoms with Gasteiger partial charge in [0.15, 0.2) is 0 Å². The smallest absolute Gasteiger partial charge is 0.0626 e. The number of nitrogens with one attached hydrogen (secondary N) is 2. The normalized spacial score (nSPS) is 12.5. The molecule has 1 aromatic carbocycles. The van der Waals surface area contributed by atoms with Gasteiger partial charge in [-0.25, -0.2) is 0 Å². The Balaban J connectivity index is 2.78. The van der Waals surface area contributed by atoms with E-state index in [1.807, 2.05) is 38.4 Å². The molecule has 3 N–H and O–H groups in total. The van der Waals surface area contributed by atoms with Crippen molar-refractivity contribution < 1.29 is 5.11 Å². The molecule has 0 fully saturated rings. The van der Waals surface area contributed by atoms with Gasteiger partial charge in [0.2, 0.25) is 0 Å². The highest BCUT2D eigenvalue weighted by molar-refractivity contribution is 5.44. The minimum Gasteiger partial charge on any atom is -0.394 e. The summed E-state index contributed by atoms with van der Waals surface area (Å²) in [7, 11) is 3.73. The first-order valence-corrected chi connectivity index (χ1v) is 4.37. The van der Waals surface area contributed by atoms with Crippen LogP contribution in [-0.4, -0.2) is 25.8 Å². The van der Waals surface area contributed by atoms with E-state index < -0.39 is 0 Å². The molecule has 0 unspecified atom stereocenters. The maximum absolute atomic E-state index is 9.03. The fraction of sp³-hybridized carbons (Fsp3) is 0.400. The Kier molecular flexibility index (Phi) is 3.73. The SMILES string of the molecule is CNc1ccc([C@@H](CO)NC)cc1. The maximum atomic E-state index is 9.03. The first kappa shape index (κ1) is 10.0. The van der Waals surface area contributed by atoms with Crippen LogP contribution >= 0.6 is 0 Å². The minimum absolute atomic E-state index is 0.0332. The van der Waals surface area contributed by atoms with Gasteiger partial charge in [-0.3, -0.25) is 0 Å². The van der Waals surface area contributed by atoms with E-state index in [-0.39, 0.29) is 12.6 Å². The lowest BCUT2D eigenvalue weighted by Crippen LogP contribution is -2.19. The van der Waals surface area contributed by atoms with Gasteiger partial charge in [0, 0.05) is 12.7 Å². The van der Waals surface area contributed by atoms with Crippen molar-refractivity contribution in [3.05, 3.63) is 29.8 Å². The number of aliphatic hydroxyl groups is 1. The number of hydrogen-bond donors (Lipinski definition) is 3. The van der Waals surface area contributed by atoms with E-state index in [0.29, 0.717) is 0 Å². The van der Waals surface area contributed by atoms with Crippen LogP contribution in [0.25, 0.3) is 0 Å². The van der Waals surface area contributed by atoms with Gasteiger partial charge in [0.05, 0.1) is 12.6 Å². The third-order valence-electron chi connectivity index (χ3n) is 2.13. The van der Waals surface area contributed by atoms with Crippen molar-refractivity contribution in [3.63, 3.8) is 0 Å². The van der Waals surface area contributed by atoms with Crippen LogP contribution in [-0.2, 0) is 0 Å². The first-order valence-electron chi connectivity index (χ1n) is 4.37. The molecule has 13 heavy (non-hydrogen) atoms. The van der Waals surface area contributed by atoms with Crippen LogP contribution in [0.4, 0.5) is 5.69 Å². The molecule has 3 heteroatoms. The van der Waals surface area contributed by atoms with E-state index in [4.69, 9.17) is 5.11 Å².